The van der Waals surface area contributed by atoms with E-state index in [-0.39, 0.29) is 17.5 Å². The number of rotatable bonds is 1. The predicted octanol–water partition coefficient (Wildman–Crippen LogP) is 2.32. The van der Waals surface area contributed by atoms with Crippen molar-refractivity contribution >= 4 is 5.91 Å². The molecule has 1 aliphatic heterocycles. The van der Waals surface area contributed by atoms with E-state index in [0.717, 1.165) is 6.54 Å². The molecule has 0 bridgehead atoms. The number of carbonyl (C=O) groups excluding carboxylic acids is 1. The SMILES string of the molecule is CC(=O)N1C[C@H](C)N(C(C)C)C1C(C)(C)C. The topological polar surface area (TPSA) is 23.6 Å². The molecule has 0 aromatic rings. The van der Waals surface area contributed by atoms with Gasteiger partial charge in [-0.2, -0.15) is 0 Å². The van der Waals surface area contributed by atoms with E-state index in [1.807, 2.05) is 4.90 Å². The molecule has 1 heterocycles. The molecular weight excluding hydrogens is 200 g/mol. The van der Waals surface area contributed by atoms with Gasteiger partial charge in [0.05, 0.1) is 6.17 Å². The van der Waals surface area contributed by atoms with Gasteiger partial charge in [-0.25, -0.2) is 0 Å². The molecule has 0 saturated carbocycles. The third-order valence-electron chi connectivity index (χ3n) is 3.32. The van der Waals surface area contributed by atoms with Gasteiger partial charge in [0, 0.05) is 25.6 Å². The molecule has 1 unspecified atom stereocenters. The molecular formula is C13H26N2O. The lowest BCUT2D eigenvalue weighted by Gasteiger charge is -2.42. The van der Waals surface area contributed by atoms with E-state index in [9.17, 15) is 4.79 Å². The lowest BCUT2D eigenvalue weighted by molar-refractivity contribution is -0.134. The van der Waals surface area contributed by atoms with Crippen LogP contribution in [0, 0.1) is 5.41 Å². The van der Waals surface area contributed by atoms with Crippen LogP contribution in [0.15, 0.2) is 0 Å². The van der Waals surface area contributed by atoms with Crippen LogP contribution in [-0.2, 0) is 4.79 Å². The monoisotopic (exact) mass is 226 g/mol. The molecule has 0 N–H and O–H groups in total. The van der Waals surface area contributed by atoms with E-state index in [1.54, 1.807) is 6.92 Å². The predicted molar refractivity (Wildman–Crippen MR) is 67.1 cm³/mol. The van der Waals surface area contributed by atoms with Gasteiger partial charge >= 0.3 is 0 Å². The number of nitrogens with zero attached hydrogens (tertiary/aromatic N) is 2. The van der Waals surface area contributed by atoms with Gasteiger partial charge in [0.15, 0.2) is 0 Å². The van der Waals surface area contributed by atoms with Crippen molar-refractivity contribution in [3.05, 3.63) is 0 Å². The molecule has 1 fully saturated rings. The van der Waals surface area contributed by atoms with Gasteiger partial charge in [0.2, 0.25) is 5.91 Å². The van der Waals surface area contributed by atoms with Crippen molar-refractivity contribution in [2.75, 3.05) is 6.54 Å². The van der Waals surface area contributed by atoms with Crippen LogP contribution in [0.1, 0.15) is 48.5 Å². The molecule has 1 saturated heterocycles. The van der Waals surface area contributed by atoms with E-state index >= 15 is 0 Å². The zero-order valence-corrected chi connectivity index (χ0v) is 11.7. The maximum Gasteiger partial charge on any atom is 0.220 e. The number of carbonyl (C=O) groups is 1. The largest absolute Gasteiger partial charge is 0.325 e. The zero-order valence-electron chi connectivity index (χ0n) is 11.7. The van der Waals surface area contributed by atoms with Gasteiger partial charge in [0.1, 0.15) is 0 Å². The van der Waals surface area contributed by atoms with Gasteiger partial charge in [-0.15, -0.1) is 0 Å². The average Bonchev–Trinajstić information content (AvgIpc) is 2.41. The first-order valence-corrected chi connectivity index (χ1v) is 6.21. The maximum absolute atomic E-state index is 11.7. The highest BCUT2D eigenvalue weighted by molar-refractivity contribution is 5.74. The molecule has 3 nitrogen and oxygen atoms in total. The second-order valence-corrected chi connectivity index (χ2v) is 6.30. The minimum absolute atomic E-state index is 0.0979. The van der Waals surface area contributed by atoms with E-state index in [1.165, 1.54) is 0 Å². The van der Waals surface area contributed by atoms with Crippen molar-refractivity contribution < 1.29 is 4.79 Å². The molecule has 3 heteroatoms. The molecule has 94 valence electrons. The molecule has 0 radical (unpaired) electrons. The van der Waals surface area contributed by atoms with Gasteiger partial charge in [-0.05, 0) is 26.2 Å². The van der Waals surface area contributed by atoms with Crippen molar-refractivity contribution in [1.29, 1.82) is 0 Å². The van der Waals surface area contributed by atoms with Crippen LogP contribution in [-0.4, -0.2) is 40.5 Å². The minimum Gasteiger partial charge on any atom is -0.325 e. The number of hydrogen-bond donors (Lipinski definition) is 0. The summed E-state index contributed by atoms with van der Waals surface area (Å²) in [5, 5.41) is 0. The van der Waals surface area contributed by atoms with Crippen LogP contribution in [0.2, 0.25) is 0 Å². The Labute approximate surface area is 99.8 Å². The number of hydrogen-bond acceptors (Lipinski definition) is 2. The second-order valence-electron chi connectivity index (χ2n) is 6.30. The summed E-state index contributed by atoms with van der Waals surface area (Å²) >= 11 is 0. The van der Waals surface area contributed by atoms with E-state index in [2.05, 4.69) is 46.4 Å². The summed E-state index contributed by atoms with van der Waals surface area (Å²) in [4.78, 5) is 16.2. The Hall–Kier alpha value is -0.570. The van der Waals surface area contributed by atoms with Crippen molar-refractivity contribution in [2.24, 2.45) is 5.41 Å². The summed E-state index contributed by atoms with van der Waals surface area (Å²) in [6.45, 7) is 15.8. The fraction of sp³-hybridized carbons (Fsp3) is 0.923. The molecule has 1 rings (SSSR count). The van der Waals surface area contributed by atoms with Gasteiger partial charge < -0.3 is 4.90 Å². The normalized spacial score (nSPS) is 27.9. The summed E-state index contributed by atoms with van der Waals surface area (Å²) in [5.74, 6) is 0.190. The quantitative estimate of drug-likeness (QED) is 0.685. The van der Waals surface area contributed by atoms with Crippen molar-refractivity contribution in [2.45, 2.75) is 66.7 Å². The van der Waals surface area contributed by atoms with E-state index in [0.29, 0.717) is 12.1 Å². The third-order valence-corrected chi connectivity index (χ3v) is 3.32. The zero-order chi connectivity index (χ0) is 12.7. The van der Waals surface area contributed by atoms with Gasteiger partial charge in [0.25, 0.3) is 0 Å². The van der Waals surface area contributed by atoms with Crippen LogP contribution in [0.5, 0.6) is 0 Å². The third kappa shape index (κ3) is 2.40. The first-order chi connectivity index (χ1) is 7.16. The molecule has 0 aliphatic carbocycles. The molecule has 0 aromatic heterocycles. The first kappa shape index (κ1) is 13.5. The van der Waals surface area contributed by atoms with Crippen LogP contribution in [0.25, 0.3) is 0 Å². The van der Waals surface area contributed by atoms with Crippen LogP contribution < -0.4 is 0 Å². The lowest BCUT2D eigenvalue weighted by Crippen LogP contribution is -2.52. The Balaban J connectivity index is 3.05. The average molecular weight is 226 g/mol. The standard InChI is InChI=1S/C13H26N2O/c1-9(2)15-10(3)8-14(11(4)16)12(15)13(5,6)7/h9-10,12H,8H2,1-7H3/t10-,12?/m0/s1. The van der Waals surface area contributed by atoms with E-state index < -0.39 is 0 Å². The molecule has 16 heavy (non-hydrogen) atoms. The highest BCUT2D eigenvalue weighted by atomic mass is 16.2. The molecule has 0 spiro atoms. The lowest BCUT2D eigenvalue weighted by atomic mass is 9.90. The Bertz CT molecular complexity index is 268. The van der Waals surface area contributed by atoms with Gasteiger partial charge in [-0.3, -0.25) is 9.69 Å². The highest BCUT2D eigenvalue weighted by Crippen LogP contribution is 2.35. The van der Waals surface area contributed by atoms with Crippen LogP contribution in [0.3, 0.4) is 0 Å². The Morgan fingerprint density at radius 1 is 1.31 bits per heavy atom. The summed E-state index contributed by atoms with van der Waals surface area (Å²) < 4.78 is 0. The Kier molecular flexibility index (Phi) is 3.68. The summed E-state index contributed by atoms with van der Waals surface area (Å²) in [7, 11) is 0. The van der Waals surface area contributed by atoms with Crippen molar-refractivity contribution in [3.63, 3.8) is 0 Å². The highest BCUT2D eigenvalue weighted by Gasteiger charge is 2.45. The van der Waals surface area contributed by atoms with Crippen molar-refractivity contribution in [3.8, 4) is 0 Å². The molecule has 0 aromatic carbocycles. The summed E-state index contributed by atoms with van der Waals surface area (Å²) in [6.07, 6.45) is 0.222. The molecule has 1 amide bonds. The first-order valence-electron chi connectivity index (χ1n) is 6.21. The molecule has 1 aliphatic rings. The smallest absolute Gasteiger partial charge is 0.220 e. The second kappa shape index (κ2) is 4.36. The fourth-order valence-electron chi connectivity index (χ4n) is 2.89. The summed E-state index contributed by atoms with van der Waals surface area (Å²) in [5.41, 5.74) is 0.0979. The van der Waals surface area contributed by atoms with Crippen molar-refractivity contribution in [1.82, 2.24) is 9.80 Å². The fourth-order valence-corrected chi connectivity index (χ4v) is 2.89. The number of amides is 1. The molecule has 2 atom stereocenters. The summed E-state index contributed by atoms with van der Waals surface area (Å²) in [6, 6.07) is 0.928. The minimum atomic E-state index is 0.0979. The van der Waals surface area contributed by atoms with Crippen LogP contribution >= 0.6 is 0 Å². The Morgan fingerprint density at radius 2 is 1.81 bits per heavy atom. The Morgan fingerprint density at radius 3 is 2.12 bits per heavy atom. The van der Waals surface area contributed by atoms with E-state index in [4.69, 9.17) is 0 Å². The van der Waals surface area contributed by atoms with Crippen LogP contribution in [0.4, 0.5) is 0 Å². The maximum atomic E-state index is 11.7. The van der Waals surface area contributed by atoms with Gasteiger partial charge in [-0.1, -0.05) is 20.8 Å².